The van der Waals surface area contributed by atoms with Crippen LogP contribution in [-0.4, -0.2) is 41.6 Å². The number of aliphatic hydroxyl groups excluding tert-OH is 1. The Morgan fingerprint density at radius 1 is 1.06 bits per heavy atom. The number of nitrogens with one attached hydrogen (secondary N) is 2. The first kappa shape index (κ1) is 22.0. The molecule has 3 aromatic carbocycles. The van der Waals surface area contributed by atoms with Gasteiger partial charge in [0.1, 0.15) is 0 Å². The highest BCUT2D eigenvalue weighted by Gasteiger charge is 2.41. The monoisotopic (exact) mass is 482 g/mol. The molecule has 3 heterocycles. The quantitative estimate of drug-likeness (QED) is 0.373. The number of hydrogen-bond donors (Lipinski definition) is 3. The van der Waals surface area contributed by atoms with Crippen LogP contribution >= 0.6 is 0 Å². The second-order valence-electron chi connectivity index (χ2n) is 11.2. The molecule has 7 rings (SSSR count). The number of H-pyrrole nitrogens is 1. The molecule has 0 spiro atoms. The van der Waals surface area contributed by atoms with Crippen molar-refractivity contribution in [3.8, 4) is 11.1 Å². The Kier molecular flexibility index (Phi) is 4.84. The van der Waals surface area contributed by atoms with Crippen molar-refractivity contribution in [1.82, 2.24) is 10.3 Å². The predicted octanol–water partition coefficient (Wildman–Crippen LogP) is 5.22. The second-order valence-corrected chi connectivity index (χ2v) is 11.2. The second kappa shape index (κ2) is 7.90. The summed E-state index contributed by atoms with van der Waals surface area (Å²) in [6.07, 6.45) is 0.204. The van der Waals surface area contributed by atoms with Crippen LogP contribution in [0, 0.1) is 5.41 Å². The van der Waals surface area contributed by atoms with Crippen molar-refractivity contribution in [3.63, 3.8) is 0 Å². The molecular weight excluding hydrogens is 452 g/mol. The molecular formula is C30H30N2O4. The molecule has 6 heteroatoms. The van der Waals surface area contributed by atoms with Crippen LogP contribution in [-0.2, 0) is 16.0 Å². The van der Waals surface area contributed by atoms with Gasteiger partial charge in [0.15, 0.2) is 6.29 Å². The Bertz CT molecular complexity index is 1530. The summed E-state index contributed by atoms with van der Waals surface area (Å²) >= 11 is 0. The van der Waals surface area contributed by atoms with E-state index in [0.717, 1.165) is 55.2 Å². The number of fused-ring (bicyclic) bond motifs is 10. The predicted molar refractivity (Wildman–Crippen MR) is 139 cm³/mol. The average molecular weight is 483 g/mol. The third kappa shape index (κ3) is 3.18. The summed E-state index contributed by atoms with van der Waals surface area (Å²) in [6.45, 7) is 6.08. The summed E-state index contributed by atoms with van der Waals surface area (Å²) in [5.74, 6) is -0.282. The summed E-state index contributed by atoms with van der Waals surface area (Å²) < 4.78 is 11.9. The maximum atomic E-state index is 13.2. The number of benzene rings is 3. The first-order valence-corrected chi connectivity index (χ1v) is 12.8. The number of carbonyl (C=O) groups is 1. The van der Waals surface area contributed by atoms with Gasteiger partial charge in [-0.2, -0.15) is 0 Å². The third-order valence-electron chi connectivity index (χ3n) is 8.03. The van der Waals surface area contributed by atoms with Gasteiger partial charge in [-0.1, -0.05) is 56.3 Å². The van der Waals surface area contributed by atoms with Gasteiger partial charge in [-0.25, -0.2) is 0 Å². The zero-order valence-electron chi connectivity index (χ0n) is 20.6. The SMILES string of the molecule is CC1(C)COC(CC[C@H](O)[C@H]2c3ccccc3-c3c4c(c5c([nH]c6ccccc65)c32)CNC4=O)OC1. The maximum Gasteiger partial charge on any atom is 0.252 e. The molecule has 2 aliphatic heterocycles. The third-order valence-corrected chi connectivity index (χ3v) is 8.03. The van der Waals surface area contributed by atoms with Crippen LogP contribution in [0.1, 0.15) is 59.7 Å². The van der Waals surface area contributed by atoms with Gasteiger partial charge >= 0.3 is 0 Å². The first-order valence-electron chi connectivity index (χ1n) is 12.8. The van der Waals surface area contributed by atoms with Crippen LogP contribution in [0.25, 0.3) is 32.9 Å². The minimum Gasteiger partial charge on any atom is -0.392 e. The van der Waals surface area contributed by atoms with Gasteiger partial charge in [-0.05, 0) is 34.7 Å². The molecule has 36 heavy (non-hydrogen) atoms. The molecule has 4 aromatic rings. The topological polar surface area (TPSA) is 83.6 Å². The van der Waals surface area contributed by atoms with Crippen molar-refractivity contribution >= 4 is 27.7 Å². The van der Waals surface area contributed by atoms with Crippen LogP contribution in [0.2, 0.25) is 0 Å². The van der Waals surface area contributed by atoms with E-state index in [4.69, 9.17) is 9.47 Å². The minimum atomic E-state index is -0.647. The fourth-order valence-corrected chi connectivity index (χ4v) is 6.39. The largest absolute Gasteiger partial charge is 0.392 e. The molecule has 2 atom stereocenters. The number of aliphatic hydroxyl groups is 1. The Balaban J connectivity index is 1.37. The van der Waals surface area contributed by atoms with E-state index in [1.165, 1.54) is 0 Å². The molecule has 0 radical (unpaired) electrons. The average Bonchev–Trinajstić information content (AvgIpc) is 3.54. The summed E-state index contributed by atoms with van der Waals surface area (Å²) in [5, 5.41) is 17.0. The molecule has 1 aromatic heterocycles. The van der Waals surface area contributed by atoms with Crippen molar-refractivity contribution in [2.45, 2.75) is 51.5 Å². The van der Waals surface area contributed by atoms with Crippen molar-refractivity contribution in [1.29, 1.82) is 0 Å². The van der Waals surface area contributed by atoms with E-state index in [-0.39, 0.29) is 23.5 Å². The highest BCUT2D eigenvalue weighted by atomic mass is 16.7. The summed E-state index contributed by atoms with van der Waals surface area (Å²) in [7, 11) is 0. The van der Waals surface area contributed by atoms with Crippen LogP contribution in [0.3, 0.4) is 0 Å². The maximum absolute atomic E-state index is 13.2. The number of amides is 1. The van der Waals surface area contributed by atoms with E-state index in [2.05, 4.69) is 48.4 Å². The highest BCUT2D eigenvalue weighted by Crippen LogP contribution is 2.54. The molecule has 1 amide bonds. The number of rotatable bonds is 4. The molecule has 0 bridgehead atoms. The van der Waals surface area contributed by atoms with Gasteiger partial charge in [0.2, 0.25) is 0 Å². The Morgan fingerprint density at radius 3 is 2.64 bits per heavy atom. The normalized spacial score (nSPS) is 21.4. The number of aromatic nitrogens is 1. The number of para-hydroxylation sites is 1. The molecule has 0 saturated carbocycles. The zero-order chi connectivity index (χ0) is 24.6. The highest BCUT2D eigenvalue weighted by molar-refractivity contribution is 6.19. The van der Waals surface area contributed by atoms with E-state index in [1.807, 2.05) is 24.3 Å². The van der Waals surface area contributed by atoms with E-state index < -0.39 is 6.10 Å². The van der Waals surface area contributed by atoms with Gasteiger partial charge in [0.05, 0.1) is 30.4 Å². The minimum absolute atomic E-state index is 0.0145. The summed E-state index contributed by atoms with van der Waals surface area (Å²) in [4.78, 5) is 16.8. The van der Waals surface area contributed by atoms with Gasteiger partial charge in [-0.3, -0.25) is 4.79 Å². The number of carbonyl (C=O) groups excluding carboxylic acids is 1. The van der Waals surface area contributed by atoms with E-state index in [1.54, 1.807) is 0 Å². The van der Waals surface area contributed by atoms with Crippen LogP contribution < -0.4 is 5.32 Å². The number of aromatic amines is 1. The van der Waals surface area contributed by atoms with Crippen molar-refractivity contribution in [3.05, 3.63) is 70.8 Å². The molecule has 1 fully saturated rings. The smallest absolute Gasteiger partial charge is 0.252 e. The van der Waals surface area contributed by atoms with Gasteiger partial charge in [0, 0.05) is 46.2 Å². The van der Waals surface area contributed by atoms with Crippen LogP contribution in [0.15, 0.2) is 48.5 Å². The molecule has 3 N–H and O–H groups in total. The molecule has 3 aliphatic rings. The van der Waals surface area contributed by atoms with Gasteiger partial charge in [0.25, 0.3) is 5.91 Å². The molecule has 1 aliphatic carbocycles. The lowest BCUT2D eigenvalue weighted by Crippen LogP contribution is -2.38. The van der Waals surface area contributed by atoms with E-state index in [0.29, 0.717) is 32.6 Å². The standard InChI is InChI=1S/C30H30N2O4/c1-30(2)14-35-22(36-15-30)12-11-21(33)24-16-7-3-4-8-17(16)25-26-19(13-31-29(26)34)23-18-9-5-6-10-20(18)32-28(23)27(24)25/h3-10,21-22,24,32-33H,11-15H2,1-2H3,(H,31,34)/t21-,24+/m0/s1. The summed E-state index contributed by atoms with van der Waals surface area (Å²) in [6, 6.07) is 16.4. The van der Waals surface area contributed by atoms with Crippen molar-refractivity contribution < 1.29 is 19.4 Å². The fraction of sp³-hybridized carbons (Fsp3) is 0.367. The summed E-state index contributed by atoms with van der Waals surface area (Å²) in [5.41, 5.74) is 7.97. The van der Waals surface area contributed by atoms with Gasteiger partial charge in [-0.15, -0.1) is 0 Å². The molecule has 1 saturated heterocycles. The van der Waals surface area contributed by atoms with Crippen LogP contribution in [0.5, 0.6) is 0 Å². The van der Waals surface area contributed by atoms with E-state index in [9.17, 15) is 9.90 Å². The van der Waals surface area contributed by atoms with E-state index >= 15 is 0 Å². The van der Waals surface area contributed by atoms with Crippen LogP contribution in [0.4, 0.5) is 0 Å². The molecule has 0 unspecified atom stereocenters. The fourth-order valence-electron chi connectivity index (χ4n) is 6.39. The van der Waals surface area contributed by atoms with Crippen molar-refractivity contribution in [2.75, 3.05) is 13.2 Å². The number of hydrogen-bond acceptors (Lipinski definition) is 4. The lowest BCUT2D eigenvalue weighted by Gasteiger charge is -2.35. The first-order chi connectivity index (χ1) is 17.4. The van der Waals surface area contributed by atoms with Gasteiger partial charge < -0.3 is 24.9 Å². The van der Waals surface area contributed by atoms with Crippen molar-refractivity contribution in [2.24, 2.45) is 5.41 Å². The molecule has 6 nitrogen and oxygen atoms in total. The Hall–Kier alpha value is -3.19. The number of ether oxygens (including phenoxy) is 2. The Morgan fingerprint density at radius 2 is 1.81 bits per heavy atom. The Labute approximate surface area is 209 Å². The lowest BCUT2D eigenvalue weighted by molar-refractivity contribution is -0.225. The zero-order valence-corrected chi connectivity index (χ0v) is 20.6. The molecule has 184 valence electrons. The lowest BCUT2D eigenvalue weighted by atomic mass is 9.85.